The Morgan fingerprint density at radius 3 is 2.40 bits per heavy atom. The van der Waals surface area contributed by atoms with Crippen LogP contribution in [0.25, 0.3) is 0 Å². The van der Waals surface area contributed by atoms with Crippen LogP contribution in [-0.2, 0) is 15.8 Å². The van der Waals surface area contributed by atoms with Crippen LogP contribution in [-0.4, -0.2) is 20.5 Å². The molecule has 0 amide bonds. The summed E-state index contributed by atoms with van der Waals surface area (Å²) >= 11 is 12.0. The van der Waals surface area contributed by atoms with Gasteiger partial charge in [-0.25, -0.2) is 13.1 Å². The summed E-state index contributed by atoms with van der Waals surface area (Å²) in [4.78, 5) is 0. The molecule has 1 saturated carbocycles. The van der Waals surface area contributed by atoms with E-state index in [0.29, 0.717) is 15.6 Å². The van der Waals surface area contributed by atoms with Gasteiger partial charge in [-0.2, -0.15) is 0 Å². The molecular weight excluding hydrogens is 319 g/mol. The fourth-order valence-corrected chi connectivity index (χ4v) is 4.66. The maximum atomic E-state index is 12.2. The van der Waals surface area contributed by atoms with E-state index in [-0.39, 0.29) is 17.8 Å². The van der Waals surface area contributed by atoms with Crippen LogP contribution in [0.15, 0.2) is 18.2 Å². The summed E-state index contributed by atoms with van der Waals surface area (Å²) in [5.74, 6) is -0.227. The summed E-state index contributed by atoms with van der Waals surface area (Å²) in [6, 6.07) is 4.62. The van der Waals surface area contributed by atoms with Crippen molar-refractivity contribution in [3.8, 4) is 0 Å². The third-order valence-electron chi connectivity index (χ3n) is 3.55. The largest absolute Gasteiger partial charge is 0.326 e. The van der Waals surface area contributed by atoms with E-state index in [9.17, 15) is 8.42 Å². The van der Waals surface area contributed by atoms with Crippen LogP contribution in [0.3, 0.4) is 0 Å². The zero-order valence-electron chi connectivity index (χ0n) is 11.0. The Bertz CT molecular complexity index is 557. The highest BCUT2D eigenvalue weighted by Gasteiger charge is 2.27. The Kier molecular flexibility index (Phi) is 5.31. The Balaban J connectivity index is 2.11. The number of halogens is 2. The smallest absolute Gasteiger partial charge is 0.216 e. The molecule has 0 heterocycles. The van der Waals surface area contributed by atoms with E-state index >= 15 is 0 Å². The van der Waals surface area contributed by atoms with Gasteiger partial charge in [0.2, 0.25) is 10.0 Å². The Hall–Kier alpha value is -0.330. The lowest BCUT2D eigenvalue weighted by Crippen LogP contribution is -2.49. The van der Waals surface area contributed by atoms with Crippen molar-refractivity contribution in [3.63, 3.8) is 0 Å². The van der Waals surface area contributed by atoms with Gasteiger partial charge < -0.3 is 5.73 Å². The van der Waals surface area contributed by atoms with Gasteiger partial charge in [0.15, 0.2) is 0 Å². The molecule has 0 saturated heterocycles. The van der Waals surface area contributed by atoms with E-state index in [1.54, 1.807) is 18.2 Å². The SMILES string of the molecule is NC1CCCCC1NS(=O)(=O)Cc1c(Cl)cccc1Cl. The first-order valence-electron chi connectivity index (χ1n) is 6.57. The Morgan fingerprint density at radius 2 is 1.80 bits per heavy atom. The van der Waals surface area contributed by atoms with Gasteiger partial charge >= 0.3 is 0 Å². The van der Waals surface area contributed by atoms with Crippen molar-refractivity contribution in [2.45, 2.75) is 43.5 Å². The van der Waals surface area contributed by atoms with Gasteiger partial charge in [-0.05, 0) is 25.0 Å². The quantitative estimate of drug-likeness (QED) is 0.887. The number of sulfonamides is 1. The first kappa shape index (κ1) is 16.0. The number of rotatable bonds is 4. The van der Waals surface area contributed by atoms with E-state index in [1.165, 1.54) is 0 Å². The van der Waals surface area contributed by atoms with Gasteiger partial charge in [-0.15, -0.1) is 0 Å². The Morgan fingerprint density at radius 1 is 1.20 bits per heavy atom. The maximum Gasteiger partial charge on any atom is 0.216 e. The van der Waals surface area contributed by atoms with Crippen LogP contribution in [0.1, 0.15) is 31.2 Å². The maximum absolute atomic E-state index is 12.2. The van der Waals surface area contributed by atoms with E-state index < -0.39 is 10.0 Å². The van der Waals surface area contributed by atoms with Gasteiger partial charge in [0.05, 0.1) is 5.75 Å². The van der Waals surface area contributed by atoms with Crippen molar-refractivity contribution in [1.29, 1.82) is 0 Å². The van der Waals surface area contributed by atoms with Gasteiger partial charge in [0.1, 0.15) is 0 Å². The lowest BCUT2D eigenvalue weighted by atomic mass is 9.92. The molecule has 112 valence electrons. The molecule has 1 aromatic carbocycles. The van der Waals surface area contributed by atoms with E-state index in [2.05, 4.69) is 4.72 Å². The number of nitrogens with one attached hydrogen (secondary N) is 1. The first-order valence-corrected chi connectivity index (χ1v) is 8.98. The lowest BCUT2D eigenvalue weighted by molar-refractivity contribution is 0.361. The first-order chi connectivity index (χ1) is 9.39. The standard InChI is InChI=1S/C13H18Cl2N2O2S/c14-10-4-3-5-11(15)9(10)8-20(18,19)17-13-7-2-1-6-12(13)16/h3-5,12-13,17H,1-2,6-8,16H2. The molecule has 20 heavy (non-hydrogen) atoms. The molecule has 3 N–H and O–H groups in total. The molecule has 1 aliphatic rings. The third kappa shape index (κ3) is 4.09. The zero-order valence-corrected chi connectivity index (χ0v) is 13.3. The number of hydrogen-bond acceptors (Lipinski definition) is 3. The van der Waals surface area contributed by atoms with Crippen molar-refractivity contribution >= 4 is 33.2 Å². The van der Waals surface area contributed by atoms with Gasteiger partial charge in [-0.1, -0.05) is 42.1 Å². The summed E-state index contributed by atoms with van der Waals surface area (Å²) in [5, 5.41) is 0.714. The van der Waals surface area contributed by atoms with Crippen LogP contribution in [0.4, 0.5) is 0 Å². The average Bonchev–Trinajstić information content (AvgIpc) is 2.37. The number of hydrogen-bond donors (Lipinski definition) is 2. The second kappa shape index (κ2) is 6.62. The third-order valence-corrected chi connectivity index (χ3v) is 5.59. The molecule has 4 nitrogen and oxygen atoms in total. The molecule has 1 aromatic rings. The van der Waals surface area contributed by atoms with Crippen LogP contribution < -0.4 is 10.5 Å². The van der Waals surface area contributed by atoms with Crippen molar-refractivity contribution < 1.29 is 8.42 Å². The molecule has 2 atom stereocenters. The number of benzene rings is 1. The van der Waals surface area contributed by atoms with Gasteiger partial charge in [-0.3, -0.25) is 0 Å². The minimum Gasteiger partial charge on any atom is -0.326 e. The van der Waals surface area contributed by atoms with Crippen molar-refractivity contribution in [2.75, 3.05) is 0 Å². The van der Waals surface area contributed by atoms with Crippen LogP contribution in [0.2, 0.25) is 10.0 Å². The fourth-order valence-electron chi connectivity index (χ4n) is 2.44. The molecule has 0 aromatic heterocycles. The van der Waals surface area contributed by atoms with E-state index in [0.717, 1.165) is 25.7 Å². The van der Waals surface area contributed by atoms with Crippen LogP contribution >= 0.6 is 23.2 Å². The second-order valence-electron chi connectivity index (χ2n) is 5.13. The Labute approximate surface area is 129 Å². The average molecular weight is 337 g/mol. The van der Waals surface area contributed by atoms with Gasteiger partial charge in [0.25, 0.3) is 0 Å². The van der Waals surface area contributed by atoms with E-state index in [4.69, 9.17) is 28.9 Å². The predicted octanol–water partition coefficient (Wildman–Crippen LogP) is 2.68. The molecular formula is C13H18Cl2N2O2S. The zero-order chi connectivity index (χ0) is 14.8. The highest BCUT2D eigenvalue weighted by molar-refractivity contribution is 7.88. The highest BCUT2D eigenvalue weighted by atomic mass is 35.5. The molecule has 1 fully saturated rings. The molecule has 0 aliphatic heterocycles. The molecule has 2 unspecified atom stereocenters. The normalized spacial score (nSPS) is 23.8. The lowest BCUT2D eigenvalue weighted by Gasteiger charge is -2.29. The molecule has 0 spiro atoms. The minimum absolute atomic E-state index is 0.125. The van der Waals surface area contributed by atoms with Crippen molar-refractivity contribution in [2.24, 2.45) is 5.73 Å². The van der Waals surface area contributed by atoms with Crippen LogP contribution in [0.5, 0.6) is 0 Å². The second-order valence-corrected chi connectivity index (χ2v) is 7.70. The topological polar surface area (TPSA) is 72.2 Å². The monoisotopic (exact) mass is 336 g/mol. The molecule has 2 rings (SSSR count). The summed E-state index contributed by atoms with van der Waals surface area (Å²) in [6.07, 6.45) is 3.67. The molecule has 0 bridgehead atoms. The summed E-state index contributed by atoms with van der Waals surface area (Å²) < 4.78 is 27.1. The fraction of sp³-hybridized carbons (Fsp3) is 0.538. The summed E-state index contributed by atoms with van der Waals surface area (Å²) in [7, 11) is -3.51. The molecule has 1 aliphatic carbocycles. The minimum atomic E-state index is -3.51. The highest BCUT2D eigenvalue weighted by Crippen LogP contribution is 2.26. The van der Waals surface area contributed by atoms with Crippen molar-refractivity contribution in [1.82, 2.24) is 4.72 Å². The molecule has 7 heteroatoms. The van der Waals surface area contributed by atoms with Gasteiger partial charge in [0, 0.05) is 27.7 Å². The molecule has 0 radical (unpaired) electrons. The summed E-state index contributed by atoms with van der Waals surface area (Å²) in [6.45, 7) is 0. The van der Waals surface area contributed by atoms with Crippen molar-refractivity contribution in [3.05, 3.63) is 33.8 Å². The van der Waals surface area contributed by atoms with Crippen LogP contribution in [0, 0.1) is 0 Å². The summed E-state index contributed by atoms with van der Waals surface area (Å²) in [5.41, 5.74) is 6.38. The van der Waals surface area contributed by atoms with E-state index in [1.807, 2.05) is 0 Å². The number of nitrogens with two attached hydrogens (primary N) is 1. The predicted molar refractivity (Wildman–Crippen MR) is 82.5 cm³/mol.